The summed E-state index contributed by atoms with van der Waals surface area (Å²) in [6.07, 6.45) is 3.52. The maximum atomic E-state index is 9.18. The van der Waals surface area contributed by atoms with E-state index >= 15 is 0 Å². The molecule has 0 spiro atoms. The van der Waals surface area contributed by atoms with Crippen LogP contribution in [0.1, 0.15) is 31.7 Å². The van der Waals surface area contributed by atoms with E-state index in [2.05, 4.69) is 12.2 Å². The average Bonchev–Trinajstić information content (AvgIpc) is 2.32. The number of aromatic hydroxyl groups is 1. The Morgan fingerprint density at radius 2 is 1.94 bits per heavy atom. The van der Waals surface area contributed by atoms with E-state index in [1.165, 1.54) is 18.4 Å². The Morgan fingerprint density at radius 1 is 1.24 bits per heavy atom. The van der Waals surface area contributed by atoms with Crippen molar-refractivity contribution in [3.05, 3.63) is 29.8 Å². The summed E-state index contributed by atoms with van der Waals surface area (Å²) >= 11 is 5.79. The van der Waals surface area contributed by atoms with E-state index in [9.17, 15) is 5.11 Å². The second kappa shape index (κ2) is 8.37. The zero-order valence-electron chi connectivity index (χ0n) is 10.5. The zero-order chi connectivity index (χ0) is 12.5. The quantitative estimate of drug-likeness (QED) is 0.697. The predicted octanol–water partition coefficient (Wildman–Crippen LogP) is 3.53. The summed E-state index contributed by atoms with van der Waals surface area (Å²) in [4.78, 5) is 0. The Hall–Kier alpha value is -0.730. The van der Waals surface area contributed by atoms with Crippen molar-refractivity contribution in [1.82, 2.24) is 5.32 Å². The molecule has 3 heteroatoms. The molecule has 0 aliphatic heterocycles. The fraction of sp³-hybridized carbons (Fsp3) is 0.571. The van der Waals surface area contributed by atoms with Gasteiger partial charge in [-0.1, -0.05) is 25.5 Å². The van der Waals surface area contributed by atoms with Crippen molar-refractivity contribution in [3.63, 3.8) is 0 Å². The molecule has 0 aliphatic rings. The van der Waals surface area contributed by atoms with Gasteiger partial charge in [-0.25, -0.2) is 0 Å². The molecule has 0 aromatic heterocycles. The van der Waals surface area contributed by atoms with E-state index in [4.69, 9.17) is 11.6 Å². The molecule has 1 unspecified atom stereocenters. The largest absolute Gasteiger partial charge is 0.508 e. The van der Waals surface area contributed by atoms with E-state index < -0.39 is 0 Å². The molecular weight excluding hydrogens is 234 g/mol. The lowest BCUT2D eigenvalue weighted by Crippen LogP contribution is -2.22. The van der Waals surface area contributed by atoms with Gasteiger partial charge in [0.15, 0.2) is 0 Å². The van der Waals surface area contributed by atoms with Crippen LogP contribution in [0.15, 0.2) is 24.3 Å². The van der Waals surface area contributed by atoms with Crippen molar-refractivity contribution in [2.45, 2.75) is 32.7 Å². The minimum Gasteiger partial charge on any atom is -0.508 e. The molecule has 0 amide bonds. The van der Waals surface area contributed by atoms with Crippen LogP contribution in [0.4, 0.5) is 0 Å². The molecule has 0 saturated heterocycles. The Kier molecular flexibility index (Phi) is 7.06. The lowest BCUT2D eigenvalue weighted by molar-refractivity contribution is 0.430. The smallest absolute Gasteiger partial charge is 0.115 e. The molecule has 1 aromatic carbocycles. The fourth-order valence-corrected chi connectivity index (χ4v) is 2.25. The Bertz CT molecular complexity index is 294. The van der Waals surface area contributed by atoms with Gasteiger partial charge in [0.2, 0.25) is 0 Å². The molecule has 2 N–H and O–H groups in total. The first-order chi connectivity index (χ1) is 8.26. The maximum absolute atomic E-state index is 9.18. The van der Waals surface area contributed by atoms with Gasteiger partial charge in [-0.3, -0.25) is 0 Å². The van der Waals surface area contributed by atoms with Crippen LogP contribution >= 0.6 is 11.6 Å². The minimum atomic E-state index is 0.319. The van der Waals surface area contributed by atoms with Gasteiger partial charge in [-0.05, 0) is 43.0 Å². The molecule has 0 aliphatic carbocycles. The number of benzene rings is 1. The Balaban J connectivity index is 2.27. The summed E-state index contributed by atoms with van der Waals surface area (Å²) < 4.78 is 0. The van der Waals surface area contributed by atoms with E-state index in [-0.39, 0.29) is 0 Å². The third kappa shape index (κ3) is 5.94. The number of hydrogen-bond acceptors (Lipinski definition) is 2. The van der Waals surface area contributed by atoms with Crippen LogP contribution < -0.4 is 5.32 Å². The standard InChI is InChI=1S/C14H22ClNO/c1-2-3-12(8-9-15)10-16-11-13-4-6-14(17)7-5-13/h4-7,12,16-17H,2-3,8-11H2,1H3. The number of phenols is 1. The SMILES string of the molecule is CCCC(CCCl)CNCc1ccc(O)cc1. The first kappa shape index (κ1) is 14.3. The second-order valence-electron chi connectivity index (χ2n) is 4.43. The molecule has 1 rings (SSSR count). The maximum Gasteiger partial charge on any atom is 0.115 e. The van der Waals surface area contributed by atoms with Crippen molar-refractivity contribution in [2.24, 2.45) is 5.92 Å². The number of rotatable bonds is 8. The second-order valence-corrected chi connectivity index (χ2v) is 4.81. The van der Waals surface area contributed by atoms with Gasteiger partial charge in [-0.2, -0.15) is 0 Å². The Labute approximate surface area is 109 Å². The summed E-state index contributed by atoms with van der Waals surface area (Å²) in [6.45, 7) is 4.07. The van der Waals surface area contributed by atoms with E-state index in [1.807, 2.05) is 12.1 Å². The highest BCUT2D eigenvalue weighted by molar-refractivity contribution is 6.17. The van der Waals surface area contributed by atoms with Gasteiger partial charge < -0.3 is 10.4 Å². The van der Waals surface area contributed by atoms with Crippen molar-refractivity contribution in [3.8, 4) is 5.75 Å². The first-order valence-electron chi connectivity index (χ1n) is 6.30. The zero-order valence-corrected chi connectivity index (χ0v) is 11.2. The highest BCUT2D eigenvalue weighted by Gasteiger charge is 2.06. The molecule has 0 saturated carbocycles. The van der Waals surface area contributed by atoms with Gasteiger partial charge >= 0.3 is 0 Å². The van der Waals surface area contributed by atoms with Gasteiger partial charge in [0.05, 0.1) is 0 Å². The molecule has 1 atom stereocenters. The average molecular weight is 256 g/mol. The number of phenolic OH excluding ortho intramolecular Hbond substituents is 1. The molecule has 0 heterocycles. The highest BCUT2D eigenvalue weighted by atomic mass is 35.5. The van der Waals surface area contributed by atoms with Crippen molar-refractivity contribution < 1.29 is 5.11 Å². The van der Waals surface area contributed by atoms with Crippen LogP contribution in [-0.2, 0) is 6.54 Å². The normalized spacial score (nSPS) is 12.6. The lowest BCUT2D eigenvalue weighted by atomic mass is 10.0. The molecule has 17 heavy (non-hydrogen) atoms. The van der Waals surface area contributed by atoms with Crippen LogP contribution in [0.2, 0.25) is 0 Å². The monoisotopic (exact) mass is 255 g/mol. The third-order valence-corrected chi connectivity index (χ3v) is 3.13. The lowest BCUT2D eigenvalue weighted by Gasteiger charge is -2.15. The van der Waals surface area contributed by atoms with Crippen LogP contribution in [0, 0.1) is 5.92 Å². The van der Waals surface area contributed by atoms with Crippen molar-refractivity contribution in [2.75, 3.05) is 12.4 Å². The van der Waals surface area contributed by atoms with Crippen LogP contribution in [0.5, 0.6) is 5.75 Å². The van der Waals surface area contributed by atoms with E-state index in [1.54, 1.807) is 12.1 Å². The van der Waals surface area contributed by atoms with E-state index in [0.717, 1.165) is 25.4 Å². The number of alkyl halides is 1. The van der Waals surface area contributed by atoms with Gasteiger partial charge in [-0.15, -0.1) is 11.6 Å². The predicted molar refractivity (Wildman–Crippen MR) is 73.5 cm³/mol. The molecule has 0 fully saturated rings. The molecule has 2 nitrogen and oxygen atoms in total. The Morgan fingerprint density at radius 3 is 2.53 bits per heavy atom. The van der Waals surface area contributed by atoms with E-state index in [0.29, 0.717) is 11.7 Å². The number of hydrogen-bond donors (Lipinski definition) is 2. The van der Waals surface area contributed by atoms with Crippen LogP contribution in [-0.4, -0.2) is 17.5 Å². The first-order valence-corrected chi connectivity index (χ1v) is 6.84. The number of halogens is 1. The summed E-state index contributed by atoms with van der Waals surface area (Å²) in [5, 5.41) is 12.6. The van der Waals surface area contributed by atoms with Crippen LogP contribution in [0.25, 0.3) is 0 Å². The summed E-state index contributed by atoms with van der Waals surface area (Å²) in [5.74, 6) is 1.74. The highest BCUT2D eigenvalue weighted by Crippen LogP contribution is 2.12. The fourth-order valence-electron chi connectivity index (χ4n) is 1.95. The third-order valence-electron chi connectivity index (χ3n) is 2.91. The molecule has 1 aromatic rings. The van der Waals surface area contributed by atoms with Crippen LogP contribution in [0.3, 0.4) is 0 Å². The topological polar surface area (TPSA) is 32.3 Å². The van der Waals surface area contributed by atoms with Gasteiger partial charge in [0, 0.05) is 12.4 Å². The van der Waals surface area contributed by atoms with Gasteiger partial charge in [0.25, 0.3) is 0 Å². The van der Waals surface area contributed by atoms with Crippen molar-refractivity contribution >= 4 is 11.6 Å². The molecular formula is C14H22ClNO. The molecule has 0 bridgehead atoms. The number of nitrogens with one attached hydrogen (secondary N) is 1. The summed E-state index contributed by atoms with van der Waals surface area (Å²) in [7, 11) is 0. The van der Waals surface area contributed by atoms with Gasteiger partial charge in [0.1, 0.15) is 5.75 Å². The minimum absolute atomic E-state index is 0.319. The molecule has 0 radical (unpaired) electrons. The molecule has 96 valence electrons. The summed E-state index contributed by atoms with van der Waals surface area (Å²) in [5.41, 5.74) is 1.20. The summed E-state index contributed by atoms with van der Waals surface area (Å²) in [6, 6.07) is 7.33. The van der Waals surface area contributed by atoms with Crippen molar-refractivity contribution in [1.29, 1.82) is 0 Å².